The molecule has 0 fully saturated rings. The van der Waals surface area contributed by atoms with Crippen LogP contribution in [0.2, 0.25) is 0 Å². The molecule has 0 atom stereocenters. The van der Waals surface area contributed by atoms with Gasteiger partial charge >= 0.3 is 0 Å². The molecule has 1 nitrogen and oxygen atoms in total. The second-order valence-corrected chi connectivity index (χ2v) is 7.99. The van der Waals surface area contributed by atoms with Crippen molar-refractivity contribution in [1.29, 1.82) is 0 Å². The molecule has 0 amide bonds. The number of hydrogen-bond acceptors (Lipinski definition) is 1. The molecule has 6 rings (SSSR count). The van der Waals surface area contributed by atoms with E-state index in [0.29, 0.717) is 0 Å². The Morgan fingerprint density at radius 1 is 0.808 bits per heavy atom. The zero-order valence-electron chi connectivity index (χ0n) is 14.3. The van der Waals surface area contributed by atoms with Crippen LogP contribution >= 0.6 is 11.3 Å². The van der Waals surface area contributed by atoms with Gasteiger partial charge in [-0.15, -0.1) is 11.3 Å². The summed E-state index contributed by atoms with van der Waals surface area (Å²) in [4.78, 5) is 5.13. The maximum Gasteiger partial charge on any atom is 0.0652 e. The minimum absolute atomic E-state index is 1.10. The van der Waals surface area contributed by atoms with E-state index in [4.69, 9.17) is 0 Å². The first-order valence-electron chi connectivity index (χ1n) is 9.11. The first kappa shape index (κ1) is 14.3. The average molecular weight is 351 g/mol. The van der Waals surface area contributed by atoms with E-state index in [1.807, 2.05) is 11.3 Å². The van der Waals surface area contributed by atoms with E-state index in [-0.39, 0.29) is 0 Å². The summed E-state index contributed by atoms with van der Waals surface area (Å²) >= 11 is 1.93. The summed E-state index contributed by atoms with van der Waals surface area (Å²) in [5.74, 6) is 0. The number of aromatic nitrogens is 1. The summed E-state index contributed by atoms with van der Waals surface area (Å²) in [5.41, 5.74) is 4.01. The molecule has 1 aliphatic rings. The molecule has 124 valence electrons. The Kier molecular flexibility index (Phi) is 2.94. The molecule has 1 N–H and O–H groups in total. The molecule has 26 heavy (non-hydrogen) atoms. The fraction of sp³-hybridized carbons (Fsp3) is 0.0833. The van der Waals surface area contributed by atoms with E-state index in [2.05, 4.69) is 77.8 Å². The van der Waals surface area contributed by atoms with Gasteiger partial charge in [0.15, 0.2) is 0 Å². The second kappa shape index (κ2) is 5.33. The molecular weight excluding hydrogens is 334 g/mol. The number of aromatic amines is 1. The van der Waals surface area contributed by atoms with Crippen LogP contribution in [0.4, 0.5) is 0 Å². The van der Waals surface area contributed by atoms with Crippen molar-refractivity contribution in [2.75, 3.05) is 0 Å². The zero-order chi connectivity index (χ0) is 17.1. The topological polar surface area (TPSA) is 15.8 Å². The van der Waals surface area contributed by atoms with Crippen molar-refractivity contribution in [1.82, 2.24) is 4.98 Å². The number of hydrogen-bond donors (Lipinski definition) is 1. The third kappa shape index (κ3) is 1.85. The van der Waals surface area contributed by atoms with Gasteiger partial charge in [-0.2, -0.15) is 0 Å². The standard InChI is InChI=1S/C24H17NS/c1-2-4-14-20-18(12-3-1)22-16-10-6-5-9-15(16)21-17-11-7-8-13-19(17)25-23(21)24(22)26-20/h1-2,4-11,13-14,25H,3,12H2/b2-1-,14-4-. The maximum atomic E-state index is 3.72. The summed E-state index contributed by atoms with van der Waals surface area (Å²) in [5, 5.41) is 6.86. The van der Waals surface area contributed by atoms with Crippen LogP contribution in [-0.2, 0) is 6.42 Å². The minimum atomic E-state index is 1.10. The minimum Gasteiger partial charge on any atom is -0.353 e. The lowest BCUT2D eigenvalue weighted by molar-refractivity contribution is 1.01. The number of rotatable bonds is 0. The molecule has 2 heteroatoms. The first-order chi connectivity index (χ1) is 12.9. The van der Waals surface area contributed by atoms with Crippen molar-refractivity contribution < 1.29 is 0 Å². The van der Waals surface area contributed by atoms with Gasteiger partial charge in [0.05, 0.1) is 10.2 Å². The van der Waals surface area contributed by atoms with Gasteiger partial charge in [-0.1, -0.05) is 60.7 Å². The van der Waals surface area contributed by atoms with Crippen LogP contribution in [0, 0.1) is 0 Å². The number of aryl methyl sites for hydroxylation is 1. The second-order valence-electron chi connectivity index (χ2n) is 6.94. The fourth-order valence-electron chi connectivity index (χ4n) is 4.38. The number of para-hydroxylation sites is 1. The highest BCUT2D eigenvalue weighted by atomic mass is 32.1. The lowest BCUT2D eigenvalue weighted by Gasteiger charge is -2.07. The molecule has 2 aromatic heterocycles. The molecule has 0 unspecified atom stereocenters. The number of allylic oxidation sites excluding steroid dienone is 3. The van der Waals surface area contributed by atoms with Crippen LogP contribution in [0.25, 0.3) is 48.7 Å². The number of H-pyrrole nitrogens is 1. The molecule has 0 saturated heterocycles. The molecule has 0 spiro atoms. The molecule has 3 aromatic carbocycles. The Morgan fingerprint density at radius 2 is 1.58 bits per heavy atom. The van der Waals surface area contributed by atoms with Gasteiger partial charge in [0.1, 0.15) is 0 Å². The monoisotopic (exact) mass is 351 g/mol. The molecule has 0 aliphatic heterocycles. The largest absolute Gasteiger partial charge is 0.353 e. The Bertz CT molecular complexity index is 1380. The van der Waals surface area contributed by atoms with Crippen molar-refractivity contribution in [2.45, 2.75) is 12.8 Å². The van der Waals surface area contributed by atoms with Crippen LogP contribution in [0.1, 0.15) is 16.9 Å². The van der Waals surface area contributed by atoms with E-state index in [0.717, 1.165) is 12.8 Å². The molecular formula is C24H17NS. The van der Waals surface area contributed by atoms with Crippen molar-refractivity contribution in [3.8, 4) is 0 Å². The summed E-state index contributed by atoms with van der Waals surface area (Å²) < 4.78 is 1.39. The van der Waals surface area contributed by atoms with E-state index >= 15 is 0 Å². The Hall–Kier alpha value is -2.84. The van der Waals surface area contributed by atoms with E-state index in [1.165, 1.54) is 53.1 Å². The highest BCUT2D eigenvalue weighted by Gasteiger charge is 2.19. The van der Waals surface area contributed by atoms with Gasteiger partial charge < -0.3 is 4.98 Å². The predicted octanol–water partition coefficient (Wildman–Crippen LogP) is 7.20. The Morgan fingerprint density at radius 3 is 2.46 bits per heavy atom. The van der Waals surface area contributed by atoms with Crippen molar-refractivity contribution in [3.63, 3.8) is 0 Å². The third-order valence-corrected chi connectivity index (χ3v) is 6.71. The zero-order valence-corrected chi connectivity index (χ0v) is 15.1. The molecule has 5 aromatic rings. The smallest absolute Gasteiger partial charge is 0.0652 e. The summed E-state index contributed by atoms with van der Waals surface area (Å²) in [6, 6.07) is 17.6. The molecule has 2 heterocycles. The van der Waals surface area contributed by atoms with Gasteiger partial charge in [0, 0.05) is 26.6 Å². The van der Waals surface area contributed by atoms with Gasteiger partial charge in [-0.3, -0.25) is 0 Å². The molecule has 0 saturated carbocycles. The summed E-state index contributed by atoms with van der Waals surface area (Å²) in [6.07, 6.45) is 11.1. The number of benzene rings is 3. The van der Waals surface area contributed by atoms with Crippen molar-refractivity contribution in [2.24, 2.45) is 0 Å². The average Bonchev–Trinajstić information content (AvgIpc) is 3.20. The van der Waals surface area contributed by atoms with Crippen LogP contribution in [0.5, 0.6) is 0 Å². The highest BCUT2D eigenvalue weighted by Crippen LogP contribution is 2.45. The van der Waals surface area contributed by atoms with Crippen molar-refractivity contribution in [3.05, 3.63) is 77.2 Å². The maximum absolute atomic E-state index is 3.72. The normalized spacial score (nSPS) is 16.8. The molecule has 1 aliphatic carbocycles. The summed E-state index contributed by atoms with van der Waals surface area (Å²) in [7, 11) is 0. The first-order valence-corrected chi connectivity index (χ1v) is 9.93. The van der Waals surface area contributed by atoms with Crippen LogP contribution in [-0.4, -0.2) is 4.98 Å². The van der Waals surface area contributed by atoms with Crippen molar-refractivity contribution >= 4 is 60.1 Å². The fourth-order valence-corrected chi connectivity index (χ4v) is 5.67. The molecule has 0 radical (unpaired) electrons. The predicted molar refractivity (Wildman–Crippen MR) is 115 cm³/mol. The lowest BCUT2D eigenvalue weighted by Crippen LogP contribution is -1.87. The van der Waals surface area contributed by atoms with Gasteiger partial charge in [-0.05, 0) is 41.3 Å². The van der Waals surface area contributed by atoms with Gasteiger partial charge in [0.25, 0.3) is 0 Å². The summed E-state index contributed by atoms with van der Waals surface area (Å²) in [6.45, 7) is 0. The highest BCUT2D eigenvalue weighted by molar-refractivity contribution is 7.21. The van der Waals surface area contributed by atoms with Crippen LogP contribution in [0.3, 0.4) is 0 Å². The Balaban J connectivity index is 1.92. The SMILES string of the molecule is C1=C\CCc2c(sc3c4[nH]c5ccccc5c4c4ccccc4c23)\C=C/1. The lowest BCUT2D eigenvalue weighted by atomic mass is 9.95. The quantitative estimate of drug-likeness (QED) is 0.303. The van der Waals surface area contributed by atoms with E-state index < -0.39 is 0 Å². The number of nitrogens with one attached hydrogen (secondary N) is 1. The van der Waals surface area contributed by atoms with E-state index in [9.17, 15) is 0 Å². The number of thiophene rings is 1. The van der Waals surface area contributed by atoms with E-state index in [1.54, 1.807) is 0 Å². The van der Waals surface area contributed by atoms with Crippen LogP contribution < -0.4 is 0 Å². The molecule has 0 bridgehead atoms. The van der Waals surface area contributed by atoms with Crippen LogP contribution in [0.15, 0.2) is 66.8 Å². The third-order valence-electron chi connectivity index (χ3n) is 5.49. The number of fused-ring (bicyclic) bond motifs is 10. The van der Waals surface area contributed by atoms with Gasteiger partial charge in [0.2, 0.25) is 0 Å². The van der Waals surface area contributed by atoms with Gasteiger partial charge in [-0.25, -0.2) is 0 Å². The Labute approximate surface area is 155 Å².